The second-order valence-corrected chi connectivity index (χ2v) is 8.52. The zero-order valence-corrected chi connectivity index (χ0v) is 20.4. The number of nitrogens with one attached hydrogen (secondary N) is 1. The predicted octanol–water partition coefficient (Wildman–Crippen LogP) is 7.14. The Balaban J connectivity index is 0.000000299. The Morgan fingerprint density at radius 3 is 2.21 bits per heavy atom. The van der Waals surface area contributed by atoms with Crippen LogP contribution in [0.2, 0.25) is 0 Å². The van der Waals surface area contributed by atoms with Crippen molar-refractivity contribution in [3.05, 3.63) is 65.5 Å². The normalized spacial score (nSPS) is 10.5. The Morgan fingerprint density at radius 2 is 1.61 bits per heavy atom. The van der Waals surface area contributed by atoms with Gasteiger partial charge in [0.2, 0.25) is 0 Å². The van der Waals surface area contributed by atoms with Crippen molar-refractivity contribution in [3.8, 4) is 22.5 Å². The smallest absolute Gasteiger partial charge is 0.337 e. The highest BCUT2D eigenvalue weighted by Crippen LogP contribution is 2.31. The van der Waals surface area contributed by atoms with Crippen LogP contribution in [0.3, 0.4) is 0 Å². The third-order valence-corrected chi connectivity index (χ3v) is 5.97. The van der Waals surface area contributed by atoms with E-state index in [-0.39, 0.29) is 5.56 Å². The minimum atomic E-state index is -0.938. The molecule has 0 atom stereocenters. The van der Waals surface area contributed by atoms with Crippen molar-refractivity contribution in [2.24, 2.45) is 5.73 Å². The van der Waals surface area contributed by atoms with Crippen LogP contribution in [0.25, 0.3) is 22.5 Å². The average molecular weight is 450 g/mol. The number of nitrogens with zero attached hydrogens (tertiary/aromatic N) is 1. The van der Waals surface area contributed by atoms with Crippen LogP contribution in [-0.4, -0.2) is 27.6 Å². The number of benzene rings is 1. The van der Waals surface area contributed by atoms with Crippen LogP contribution in [-0.2, 0) is 0 Å². The zero-order chi connectivity index (χ0) is 24.1. The van der Waals surface area contributed by atoms with Gasteiger partial charge in [0, 0.05) is 29.2 Å². The van der Waals surface area contributed by atoms with Crippen LogP contribution in [0.5, 0.6) is 0 Å². The molecule has 2 aromatic heterocycles. The van der Waals surface area contributed by atoms with Crippen molar-refractivity contribution < 1.29 is 9.90 Å². The summed E-state index contributed by atoms with van der Waals surface area (Å²) in [6, 6.07) is 11.3. The lowest BCUT2D eigenvalue weighted by Gasteiger charge is -2.08. The molecular formula is C28H39N3O2. The highest BCUT2D eigenvalue weighted by atomic mass is 16.4. The van der Waals surface area contributed by atoms with E-state index in [0.29, 0.717) is 5.69 Å². The number of hydrogen-bond acceptors (Lipinski definition) is 3. The standard InChI is InChI=1S/C18H16N2O2.C10H23N/c1-11-4-3-5-14(12(11)2)17-15(18(21)22)10-16(20-17)13-6-8-19-9-7-13;1-2-3-4-5-6-7-8-9-10-11/h3-10,20H,1-2H3,(H,21,22);2-11H2,1H3. The molecule has 178 valence electrons. The first-order chi connectivity index (χ1) is 16.0. The number of unbranched alkanes of at least 4 members (excludes halogenated alkanes) is 7. The average Bonchev–Trinajstić information content (AvgIpc) is 3.27. The van der Waals surface area contributed by atoms with Crippen LogP contribution in [0, 0.1) is 13.8 Å². The molecule has 2 heterocycles. The molecule has 0 aliphatic rings. The molecule has 0 saturated heterocycles. The predicted molar refractivity (Wildman–Crippen MR) is 138 cm³/mol. The summed E-state index contributed by atoms with van der Waals surface area (Å²) in [5.41, 5.74) is 11.1. The second-order valence-electron chi connectivity index (χ2n) is 8.52. The molecule has 33 heavy (non-hydrogen) atoms. The van der Waals surface area contributed by atoms with E-state index in [4.69, 9.17) is 5.73 Å². The molecule has 0 amide bonds. The quantitative estimate of drug-likeness (QED) is 0.271. The number of carbonyl (C=O) groups is 1. The van der Waals surface area contributed by atoms with Crippen molar-refractivity contribution in [2.45, 2.75) is 72.1 Å². The van der Waals surface area contributed by atoms with E-state index in [1.807, 2.05) is 44.2 Å². The van der Waals surface area contributed by atoms with E-state index in [1.54, 1.807) is 18.5 Å². The zero-order valence-electron chi connectivity index (χ0n) is 20.4. The number of rotatable bonds is 11. The Kier molecular flexibility index (Phi) is 11.4. The lowest BCUT2D eigenvalue weighted by Crippen LogP contribution is -1.98. The van der Waals surface area contributed by atoms with E-state index >= 15 is 0 Å². The summed E-state index contributed by atoms with van der Waals surface area (Å²) >= 11 is 0. The minimum absolute atomic E-state index is 0.278. The number of nitrogens with two attached hydrogens (primary N) is 1. The molecule has 3 rings (SSSR count). The lowest BCUT2D eigenvalue weighted by atomic mass is 9.99. The van der Waals surface area contributed by atoms with Crippen LogP contribution in [0.4, 0.5) is 0 Å². The van der Waals surface area contributed by atoms with Gasteiger partial charge in [-0.25, -0.2) is 4.79 Å². The van der Waals surface area contributed by atoms with Gasteiger partial charge in [-0.2, -0.15) is 0 Å². The van der Waals surface area contributed by atoms with Gasteiger partial charge in [0.05, 0.1) is 11.3 Å². The van der Waals surface area contributed by atoms with Gasteiger partial charge in [0.25, 0.3) is 0 Å². The van der Waals surface area contributed by atoms with Gasteiger partial charge in [-0.05, 0) is 56.1 Å². The van der Waals surface area contributed by atoms with Gasteiger partial charge in [0.15, 0.2) is 0 Å². The van der Waals surface area contributed by atoms with Crippen LogP contribution >= 0.6 is 0 Å². The molecule has 5 nitrogen and oxygen atoms in total. The number of aromatic amines is 1. The first-order valence-corrected chi connectivity index (χ1v) is 12.1. The van der Waals surface area contributed by atoms with Crippen molar-refractivity contribution >= 4 is 5.97 Å². The van der Waals surface area contributed by atoms with Gasteiger partial charge < -0.3 is 15.8 Å². The summed E-state index contributed by atoms with van der Waals surface area (Å²) in [5.74, 6) is -0.938. The topological polar surface area (TPSA) is 92.0 Å². The first kappa shape index (κ1) is 26.3. The maximum absolute atomic E-state index is 11.6. The summed E-state index contributed by atoms with van der Waals surface area (Å²) in [4.78, 5) is 18.8. The highest BCUT2D eigenvalue weighted by Gasteiger charge is 2.18. The number of aromatic nitrogens is 2. The number of carboxylic acids is 1. The lowest BCUT2D eigenvalue weighted by molar-refractivity contribution is 0.0698. The molecule has 0 saturated carbocycles. The minimum Gasteiger partial charge on any atom is -0.478 e. The molecular weight excluding hydrogens is 410 g/mol. The Morgan fingerprint density at radius 1 is 0.970 bits per heavy atom. The van der Waals surface area contributed by atoms with Crippen molar-refractivity contribution in [1.82, 2.24) is 9.97 Å². The van der Waals surface area contributed by atoms with Crippen LogP contribution < -0.4 is 5.73 Å². The fourth-order valence-corrected chi connectivity index (χ4v) is 3.82. The molecule has 5 heteroatoms. The monoisotopic (exact) mass is 449 g/mol. The number of H-pyrrole nitrogens is 1. The molecule has 0 unspecified atom stereocenters. The molecule has 4 N–H and O–H groups in total. The molecule has 0 bridgehead atoms. The van der Waals surface area contributed by atoms with Gasteiger partial charge >= 0.3 is 5.97 Å². The van der Waals surface area contributed by atoms with Crippen LogP contribution in [0.15, 0.2) is 48.8 Å². The summed E-state index contributed by atoms with van der Waals surface area (Å²) < 4.78 is 0. The first-order valence-electron chi connectivity index (χ1n) is 12.1. The van der Waals surface area contributed by atoms with E-state index < -0.39 is 5.97 Å². The number of aryl methyl sites for hydroxylation is 1. The van der Waals surface area contributed by atoms with Gasteiger partial charge in [0.1, 0.15) is 0 Å². The van der Waals surface area contributed by atoms with Gasteiger partial charge in [-0.1, -0.05) is 70.1 Å². The summed E-state index contributed by atoms with van der Waals surface area (Å²) in [6.45, 7) is 7.15. The van der Waals surface area contributed by atoms with E-state index in [1.165, 1.54) is 51.4 Å². The number of carboxylic acid groups (broad SMARTS) is 1. The highest BCUT2D eigenvalue weighted by molar-refractivity contribution is 5.97. The number of pyridine rings is 1. The maximum atomic E-state index is 11.6. The van der Waals surface area contributed by atoms with Crippen molar-refractivity contribution in [1.29, 1.82) is 0 Å². The van der Waals surface area contributed by atoms with E-state index in [2.05, 4.69) is 16.9 Å². The Bertz CT molecular complexity index is 972. The summed E-state index contributed by atoms with van der Waals surface area (Å²) in [5, 5.41) is 9.52. The maximum Gasteiger partial charge on any atom is 0.337 e. The van der Waals surface area contributed by atoms with Crippen molar-refractivity contribution in [2.75, 3.05) is 6.54 Å². The molecule has 3 aromatic rings. The van der Waals surface area contributed by atoms with E-state index in [9.17, 15) is 9.90 Å². The Hall–Kier alpha value is -2.92. The fourth-order valence-electron chi connectivity index (χ4n) is 3.82. The molecule has 0 aliphatic carbocycles. The second kappa shape index (κ2) is 14.3. The van der Waals surface area contributed by atoms with Gasteiger partial charge in [-0.3, -0.25) is 4.98 Å². The number of hydrogen-bond donors (Lipinski definition) is 3. The van der Waals surface area contributed by atoms with E-state index in [0.717, 1.165) is 34.5 Å². The fraction of sp³-hybridized carbons (Fsp3) is 0.429. The molecule has 1 aromatic carbocycles. The Labute approximate surface area is 198 Å². The third-order valence-electron chi connectivity index (χ3n) is 5.97. The molecule has 0 spiro atoms. The largest absolute Gasteiger partial charge is 0.478 e. The van der Waals surface area contributed by atoms with Gasteiger partial charge in [-0.15, -0.1) is 0 Å². The summed E-state index contributed by atoms with van der Waals surface area (Å²) in [6.07, 6.45) is 14.4. The number of aromatic carboxylic acids is 1. The molecule has 0 radical (unpaired) electrons. The molecule has 0 fully saturated rings. The SMILES string of the molecule is CCCCCCCCCCN.Cc1cccc(-c2[nH]c(-c3ccncc3)cc2C(=O)O)c1C. The summed E-state index contributed by atoms with van der Waals surface area (Å²) in [7, 11) is 0. The third kappa shape index (κ3) is 8.17. The molecule has 0 aliphatic heterocycles. The van der Waals surface area contributed by atoms with Crippen LogP contribution in [0.1, 0.15) is 79.8 Å². The van der Waals surface area contributed by atoms with Crippen molar-refractivity contribution in [3.63, 3.8) is 0 Å².